The third-order valence-electron chi connectivity index (χ3n) is 7.19. The minimum Gasteiger partial charge on any atom is -0.378 e. The van der Waals surface area contributed by atoms with E-state index in [4.69, 9.17) is 10.5 Å². The quantitative estimate of drug-likeness (QED) is 0.163. The van der Waals surface area contributed by atoms with E-state index in [9.17, 15) is 4.79 Å². The first-order chi connectivity index (χ1) is 14.0. The van der Waals surface area contributed by atoms with Crippen molar-refractivity contribution in [3.8, 4) is 0 Å². The molecule has 8 heteroatoms. The molecule has 0 radical (unpaired) electrons. The molecule has 0 spiro atoms. The molecule has 1 amide bonds. The van der Waals surface area contributed by atoms with Gasteiger partial charge in [-0.25, -0.2) is 0 Å². The van der Waals surface area contributed by atoms with E-state index in [1.165, 1.54) is 0 Å². The first-order valence-corrected chi connectivity index (χ1v) is 11.6. The molecule has 0 aromatic heterocycles. The van der Waals surface area contributed by atoms with Crippen molar-refractivity contribution in [2.24, 2.45) is 22.1 Å². The largest absolute Gasteiger partial charge is 0.378 e. The first kappa shape index (κ1) is 27.4. The molecule has 4 N–H and O–H groups in total. The Balaban J connectivity index is 0.00000450. The van der Waals surface area contributed by atoms with Crippen molar-refractivity contribution in [1.82, 2.24) is 15.5 Å². The Labute approximate surface area is 200 Å². The van der Waals surface area contributed by atoms with E-state index in [1.807, 2.05) is 7.05 Å². The van der Waals surface area contributed by atoms with Gasteiger partial charge < -0.3 is 26.0 Å². The molecule has 2 rings (SSSR count). The number of piperidine rings is 1. The number of guanidine groups is 1. The number of nitrogens with one attached hydrogen (secondary N) is 2. The second-order valence-corrected chi connectivity index (χ2v) is 8.54. The molecular formula is C22H44IN5O2. The van der Waals surface area contributed by atoms with Crippen LogP contribution < -0.4 is 16.4 Å². The third kappa shape index (κ3) is 6.95. The average Bonchev–Trinajstić information content (AvgIpc) is 2.72. The minimum absolute atomic E-state index is 0. The fourth-order valence-electron chi connectivity index (χ4n) is 5.05. The van der Waals surface area contributed by atoms with Crippen LogP contribution in [0, 0.1) is 11.3 Å². The highest BCUT2D eigenvalue weighted by molar-refractivity contribution is 14.0. The SMILES string of the molecule is CCOC1CC(NC(=NC)NCCCCN2CCC(C(N)=O)CC2)C1(CC)CC.I. The Bertz CT molecular complexity index is 534. The van der Waals surface area contributed by atoms with Gasteiger partial charge in [0.25, 0.3) is 0 Å². The number of ether oxygens (including phenoxy) is 1. The molecule has 2 atom stereocenters. The standard InChI is InChI=1S/C22H43N5O2.HI/c1-5-22(6-2)18(16-19(22)29-7-3)26-21(24-4)25-12-8-9-13-27-14-10-17(11-15-27)20(23)28;/h17-19H,5-16H2,1-4H3,(H2,23,28)(H2,24,25,26);1H. The van der Waals surface area contributed by atoms with Crippen LogP contribution in [0.3, 0.4) is 0 Å². The zero-order valence-corrected chi connectivity index (χ0v) is 21.7. The highest BCUT2D eigenvalue weighted by Gasteiger charge is 2.53. The Morgan fingerprint density at radius 1 is 1.20 bits per heavy atom. The van der Waals surface area contributed by atoms with Crippen molar-refractivity contribution in [3.05, 3.63) is 0 Å². The van der Waals surface area contributed by atoms with Crippen LogP contribution in [0.25, 0.3) is 0 Å². The van der Waals surface area contributed by atoms with Gasteiger partial charge in [0, 0.05) is 37.6 Å². The normalized spacial score (nSPS) is 24.6. The number of hydrogen-bond donors (Lipinski definition) is 3. The number of rotatable bonds is 11. The Kier molecular flexibility index (Phi) is 12.5. The van der Waals surface area contributed by atoms with Crippen molar-refractivity contribution in [2.45, 2.75) is 77.9 Å². The van der Waals surface area contributed by atoms with Crippen LogP contribution >= 0.6 is 24.0 Å². The predicted molar refractivity (Wildman–Crippen MR) is 134 cm³/mol. The molecule has 1 aliphatic carbocycles. The molecule has 1 heterocycles. The van der Waals surface area contributed by atoms with E-state index in [0.29, 0.717) is 12.1 Å². The summed E-state index contributed by atoms with van der Waals surface area (Å²) < 4.78 is 5.98. The van der Waals surface area contributed by atoms with Gasteiger partial charge in [-0.05, 0) is 71.5 Å². The van der Waals surface area contributed by atoms with Crippen LogP contribution in [0.15, 0.2) is 4.99 Å². The predicted octanol–water partition coefficient (Wildman–Crippen LogP) is 2.73. The lowest BCUT2D eigenvalue weighted by Gasteiger charge is -2.55. The Morgan fingerprint density at radius 2 is 1.87 bits per heavy atom. The van der Waals surface area contributed by atoms with E-state index >= 15 is 0 Å². The maximum absolute atomic E-state index is 11.3. The Morgan fingerprint density at radius 3 is 2.40 bits per heavy atom. The van der Waals surface area contributed by atoms with Crippen molar-refractivity contribution in [2.75, 3.05) is 39.8 Å². The van der Waals surface area contributed by atoms with Gasteiger partial charge in [-0.15, -0.1) is 24.0 Å². The maximum atomic E-state index is 11.3. The Hall–Kier alpha value is -0.610. The second-order valence-electron chi connectivity index (χ2n) is 8.54. The van der Waals surface area contributed by atoms with Crippen LogP contribution in [0.2, 0.25) is 0 Å². The van der Waals surface area contributed by atoms with Crippen LogP contribution in [0.4, 0.5) is 0 Å². The highest BCUT2D eigenvalue weighted by atomic mass is 127. The smallest absolute Gasteiger partial charge is 0.220 e. The number of amides is 1. The minimum atomic E-state index is -0.137. The highest BCUT2D eigenvalue weighted by Crippen LogP contribution is 2.48. The number of carbonyl (C=O) groups excluding carboxylic acids is 1. The van der Waals surface area contributed by atoms with Gasteiger partial charge in [0.15, 0.2) is 5.96 Å². The van der Waals surface area contributed by atoms with E-state index in [1.54, 1.807) is 0 Å². The summed E-state index contributed by atoms with van der Waals surface area (Å²) in [6.07, 6.45) is 7.72. The van der Waals surface area contributed by atoms with Crippen LogP contribution in [-0.4, -0.2) is 68.7 Å². The van der Waals surface area contributed by atoms with Crippen molar-refractivity contribution < 1.29 is 9.53 Å². The van der Waals surface area contributed by atoms with Gasteiger partial charge in [-0.1, -0.05) is 13.8 Å². The molecule has 0 aromatic carbocycles. The average molecular weight is 538 g/mol. The van der Waals surface area contributed by atoms with Crippen molar-refractivity contribution in [1.29, 1.82) is 0 Å². The molecule has 0 aromatic rings. The molecule has 2 aliphatic rings. The number of aliphatic imine (C=N–C) groups is 1. The number of hydrogen-bond acceptors (Lipinski definition) is 4. The lowest BCUT2D eigenvalue weighted by Crippen LogP contribution is -2.65. The number of nitrogens with two attached hydrogens (primary N) is 1. The maximum Gasteiger partial charge on any atom is 0.220 e. The summed E-state index contributed by atoms with van der Waals surface area (Å²) in [5.74, 6) is 0.843. The first-order valence-electron chi connectivity index (χ1n) is 11.6. The van der Waals surface area contributed by atoms with E-state index < -0.39 is 0 Å². The summed E-state index contributed by atoms with van der Waals surface area (Å²) in [6, 6.07) is 0.423. The summed E-state index contributed by atoms with van der Waals surface area (Å²) in [7, 11) is 1.84. The van der Waals surface area contributed by atoms with Crippen LogP contribution in [0.1, 0.15) is 65.7 Å². The summed E-state index contributed by atoms with van der Waals surface area (Å²) >= 11 is 0. The van der Waals surface area contributed by atoms with Gasteiger partial charge in [-0.2, -0.15) is 0 Å². The molecule has 176 valence electrons. The molecule has 1 saturated heterocycles. The molecule has 2 unspecified atom stereocenters. The topological polar surface area (TPSA) is 92.0 Å². The fourth-order valence-corrected chi connectivity index (χ4v) is 5.05. The van der Waals surface area contributed by atoms with Gasteiger partial charge in [0.2, 0.25) is 5.91 Å². The van der Waals surface area contributed by atoms with Crippen LogP contribution in [0.5, 0.6) is 0 Å². The number of halogens is 1. The van der Waals surface area contributed by atoms with E-state index in [2.05, 4.69) is 41.3 Å². The lowest BCUT2D eigenvalue weighted by atomic mass is 9.58. The summed E-state index contributed by atoms with van der Waals surface area (Å²) in [5, 5.41) is 7.12. The molecular weight excluding hydrogens is 493 g/mol. The molecule has 1 aliphatic heterocycles. The number of carbonyl (C=O) groups is 1. The van der Waals surface area contributed by atoms with Crippen molar-refractivity contribution >= 4 is 35.8 Å². The van der Waals surface area contributed by atoms with E-state index in [0.717, 1.165) is 83.7 Å². The summed E-state index contributed by atoms with van der Waals surface area (Å²) in [6.45, 7) is 11.4. The van der Waals surface area contributed by atoms with Crippen molar-refractivity contribution in [3.63, 3.8) is 0 Å². The molecule has 2 fully saturated rings. The van der Waals surface area contributed by atoms with Gasteiger partial charge >= 0.3 is 0 Å². The second kappa shape index (κ2) is 13.7. The third-order valence-corrected chi connectivity index (χ3v) is 7.19. The fraction of sp³-hybridized carbons (Fsp3) is 0.909. The zero-order chi connectivity index (χ0) is 21.3. The van der Waals surface area contributed by atoms with E-state index in [-0.39, 0.29) is 41.2 Å². The van der Waals surface area contributed by atoms with Crippen LogP contribution in [-0.2, 0) is 9.53 Å². The molecule has 7 nitrogen and oxygen atoms in total. The number of likely N-dealkylation sites (tertiary alicyclic amines) is 1. The molecule has 1 saturated carbocycles. The molecule has 0 bridgehead atoms. The lowest BCUT2D eigenvalue weighted by molar-refractivity contribution is -0.133. The van der Waals surface area contributed by atoms with Gasteiger partial charge in [0.05, 0.1) is 6.10 Å². The number of unbranched alkanes of at least 4 members (excludes halogenated alkanes) is 1. The monoisotopic (exact) mass is 537 g/mol. The van der Waals surface area contributed by atoms with Gasteiger partial charge in [-0.3, -0.25) is 9.79 Å². The molecule has 30 heavy (non-hydrogen) atoms. The number of primary amides is 1. The number of nitrogens with zero attached hydrogens (tertiary/aromatic N) is 2. The summed E-state index contributed by atoms with van der Waals surface area (Å²) in [4.78, 5) is 18.1. The van der Waals surface area contributed by atoms with Gasteiger partial charge in [0.1, 0.15) is 0 Å². The zero-order valence-electron chi connectivity index (χ0n) is 19.4. The summed E-state index contributed by atoms with van der Waals surface area (Å²) in [5.41, 5.74) is 5.62.